The number of hydrogen-bond acceptors (Lipinski definition) is 10. The SMILES string of the molecule is COc1ccc(CC(=O)[C@H](CCCCN)NC(=O)c2cc(CC(=O)[C@@H](N)CCCCN)ccc2OC)cc1C(=O)N[C@H](C)CCCCN. The predicted octanol–water partition coefficient (Wildman–Crippen LogP) is 2.56. The zero-order valence-electron chi connectivity index (χ0n) is 28.9. The number of methoxy groups -OCH3 is 2. The van der Waals surface area contributed by atoms with Gasteiger partial charge in [0, 0.05) is 18.9 Å². The van der Waals surface area contributed by atoms with Crippen LogP contribution in [0.1, 0.15) is 96.6 Å². The van der Waals surface area contributed by atoms with E-state index in [2.05, 4.69) is 10.6 Å². The highest BCUT2D eigenvalue weighted by molar-refractivity contribution is 6.01. The Bertz CT molecular complexity index is 1340. The van der Waals surface area contributed by atoms with Crippen molar-refractivity contribution >= 4 is 23.4 Å². The van der Waals surface area contributed by atoms with Crippen molar-refractivity contribution < 1.29 is 28.7 Å². The number of nitrogens with two attached hydrogens (primary N) is 4. The number of amides is 2. The lowest BCUT2D eigenvalue weighted by atomic mass is 9.96. The first-order chi connectivity index (χ1) is 23.1. The van der Waals surface area contributed by atoms with E-state index in [1.54, 1.807) is 36.4 Å². The standard InChI is InChI=1S/C36H56N6O6/c1-24(10-4-7-17-37)41-35(45)27-21-26(14-16-33(27)47-2)23-32(44)30(12-6-9-19-39)42-36(46)28-20-25(13-15-34(28)48-3)22-31(43)29(40)11-5-8-18-38/h13-16,20-21,24,29-30H,4-12,17-19,22-23,37-40H2,1-3H3,(H,41,45)(H,42,46)/t24-,29+,30+/m1/s1. The van der Waals surface area contributed by atoms with Crippen LogP contribution in [0.3, 0.4) is 0 Å². The molecule has 12 heteroatoms. The molecule has 0 aliphatic carbocycles. The maximum absolute atomic E-state index is 13.7. The number of hydrogen-bond donors (Lipinski definition) is 6. The lowest BCUT2D eigenvalue weighted by molar-refractivity contribution is -0.120. The number of benzene rings is 2. The van der Waals surface area contributed by atoms with Crippen LogP contribution in [0.5, 0.6) is 11.5 Å². The summed E-state index contributed by atoms with van der Waals surface area (Å²) < 4.78 is 10.9. The number of ether oxygens (including phenoxy) is 2. The fourth-order valence-electron chi connectivity index (χ4n) is 5.42. The third-order valence-corrected chi connectivity index (χ3v) is 8.27. The molecule has 3 atom stereocenters. The van der Waals surface area contributed by atoms with Crippen LogP contribution < -0.4 is 43.0 Å². The summed E-state index contributed by atoms with van der Waals surface area (Å²) in [6.07, 6.45) is 6.41. The van der Waals surface area contributed by atoms with E-state index in [4.69, 9.17) is 32.4 Å². The second kappa shape index (κ2) is 21.9. The molecule has 0 bridgehead atoms. The monoisotopic (exact) mass is 668 g/mol. The van der Waals surface area contributed by atoms with Crippen molar-refractivity contribution in [3.63, 3.8) is 0 Å². The molecule has 48 heavy (non-hydrogen) atoms. The number of unbranched alkanes of at least 4 members (excludes halogenated alkanes) is 3. The molecule has 0 spiro atoms. The van der Waals surface area contributed by atoms with Crippen molar-refractivity contribution in [2.24, 2.45) is 22.9 Å². The molecule has 12 nitrogen and oxygen atoms in total. The minimum absolute atomic E-state index is 0.0162. The lowest BCUT2D eigenvalue weighted by Gasteiger charge is -2.20. The van der Waals surface area contributed by atoms with Crippen LogP contribution in [-0.4, -0.2) is 75.4 Å². The number of carbonyl (C=O) groups is 4. The molecule has 2 amide bonds. The Morgan fingerprint density at radius 2 is 1.10 bits per heavy atom. The number of nitrogens with one attached hydrogen (secondary N) is 2. The van der Waals surface area contributed by atoms with Gasteiger partial charge in [0.05, 0.1) is 37.4 Å². The van der Waals surface area contributed by atoms with Gasteiger partial charge < -0.3 is 43.0 Å². The summed E-state index contributed by atoms with van der Waals surface area (Å²) in [5.41, 5.74) is 24.7. The van der Waals surface area contributed by atoms with Crippen molar-refractivity contribution in [3.05, 3.63) is 58.7 Å². The van der Waals surface area contributed by atoms with Gasteiger partial charge >= 0.3 is 0 Å². The van der Waals surface area contributed by atoms with Crippen LogP contribution in [0.4, 0.5) is 0 Å². The van der Waals surface area contributed by atoms with Crippen molar-refractivity contribution in [1.82, 2.24) is 10.6 Å². The Morgan fingerprint density at radius 3 is 1.60 bits per heavy atom. The molecule has 0 radical (unpaired) electrons. The van der Waals surface area contributed by atoms with Gasteiger partial charge in [0.25, 0.3) is 11.8 Å². The number of rotatable bonds is 24. The van der Waals surface area contributed by atoms with Crippen LogP contribution in [-0.2, 0) is 22.4 Å². The molecule has 0 aromatic heterocycles. The minimum atomic E-state index is -0.822. The number of carbonyl (C=O) groups excluding carboxylic acids is 4. The van der Waals surface area contributed by atoms with E-state index in [-0.39, 0.29) is 41.9 Å². The highest BCUT2D eigenvalue weighted by atomic mass is 16.5. The molecular weight excluding hydrogens is 612 g/mol. The average molecular weight is 669 g/mol. The van der Waals surface area contributed by atoms with E-state index < -0.39 is 18.0 Å². The van der Waals surface area contributed by atoms with E-state index in [0.717, 1.165) is 32.1 Å². The van der Waals surface area contributed by atoms with Gasteiger partial charge in [-0.3, -0.25) is 19.2 Å². The van der Waals surface area contributed by atoms with Crippen LogP contribution in [0.2, 0.25) is 0 Å². The second-order valence-electron chi connectivity index (χ2n) is 12.2. The molecule has 2 rings (SSSR count). The quantitative estimate of drug-likeness (QED) is 0.0899. The van der Waals surface area contributed by atoms with Crippen molar-refractivity contribution in [3.8, 4) is 11.5 Å². The molecule has 2 aromatic carbocycles. The van der Waals surface area contributed by atoms with Crippen LogP contribution in [0.15, 0.2) is 36.4 Å². The molecule has 0 saturated carbocycles. The molecule has 266 valence electrons. The summed E-state index contributed by atoms with van der Waals surface area (Å²) in [7, 11) is 2.94. The molecule has 0 fully saturated rings. The summed E-state index contributed by atoms with van der Waals surface area (Å²) >= 11 is 0. The van der Waals surface area contributed by atoms with E-state index >= 15 is 0 Å². The lowest BCUT2D eigenvalue weighted by Crippen LogP contribution is -2.42. The molecule has 0 heterocycles. The van der Waals surface area contributed by atoms with Crippen LogP contribution >= 0.6 is 0 Å². The summed E-state index contributed by atoms with van der Waals surface area (Å²) in [6.45, 7) is 3.53. The molecule has 0 saturated heterocycles. The second-order valence-corrected chi connectivity index (χ2v) is 12.2. The van der Waals surface area contributed by atoms with Crippen molar-refractivity contribution in [1.29, 1.82) is 0 Å². The average Bonchev–Trinajstić information content (AvgIpc) is 3.07. The molecular formula is C36H56N6O6. The Hall–Kier alpha value is -3.84. The molecule has 0 aliphatic heterocycles. The normalized spacial score (nSPS) is 12.9. The van der Waals surface area contributed by atoms with E-state index in [1.165, 1.54) is 14.2 Å². The smallest absolute Gasteiger partial charge is 0.255 e. The summed E-state index contributed by atoms with van der Waals surface area (Å²) in [5.74, 6) is -0.443. The third kappa shape index (κ3) is 13.3. The first-order valence-electron chi connectivity index (χ1n) is 16.9. The Balaban J connectivity index is 2.24. The van der Waals surface area contributed by atoms with Gasteiger partial charge in [-0.15, -0.1) is 0 Å². The maximum atomic E-state index is 13.7. The van der Waals surface area contributed by atoms with Gasteiger partial charge in [-0.25, -0.2) is 0 Å². The zero-order chi connectivity index (χ0) is 35.5. The first kappa shape index (κ1) is 40.3. The predicted molar refractivity (Wildman–Crippen MR) is 188 cm³/mol. The van der Waals surface area contributed by atoms with Gasteiger partial charge in [-0.05, 0) is 107 Å². The van der Waals surface area contributed by atoms with Gasteiger partial charge in [0.1, 0.15) is 11.5 Å². The van der Waals surface area contributed by atoms with Crippen molar-refractivity contribution in [2.45, 2.75) is 95.7 Å². The summed E-state index contributed by atoms with van der Waals surface area (Å²) in [6, 6.07) is 8.52. The van der Waals surface area contributed by atoms with Gasteiger partial charge in [0.2, 0.25) is 0 Å². The van der Waals surface area contributed by atoms with Gasteiger partial charge in [-0.1, -0.05) is 25.0 Å². The largest absolute Gasteiger partial charge is 0.496 e. The maximum Gasteiger partial charge on any atom is 0.255 e. The van der Waals surface area contributed by atoms with E-state index in [0.29, 0.717) is 73.5 Å². The van der Waals surface area contributed by atoms with Gasteiger partial charge in [0.15, 0.2) is 11.6 Å². The van der Waals surface area contributed by atoms with Gasteiger partial charge in [-0.2, -0.15) is 0 Å². The van der Waals surface area contributed by atoms with E-state index in [1.807, 2.05) is 6.92 Å². The minimum Gasteiger partial charge on any atom is -0.496 e. The zero-order valence-corrected chi connectivity index (χ0v) is 28.9. The van der Waals surface area contributed by atoms with Crippen molar-refractivity contribution in [2.75, 3.05) is 33.9 Å². The Kier molecular flexibility index (Phi) is 18.4. The highest BCUT2D eigenvalue weighted by Crippen LogP contribution is 2.23. The fraction of sp³-hybridized carbons (Fsp3) is 0.556. The number of Topliss-reactive ketones (excluding diaryl/α,β-unsaturated/α-hetero) is 2. The fourth-order valence-corrected chi connectivity index (χ4v) is 5.42. The summed E-state index contributed by atoms with van der Waals surface area (Å²) in [4.78, 5) is 53.2. The molecule has 0 aliphatic rings. The Labute approximate surface area is 285 Å². The van der Waals surface area contributed by atoms with Crippen LogP contribution in [0.25, 0.3) is 0 Å². The number of ketones is 2. The molecule has 10 N–H and O–H groups in total. The highest BCUT2D eigenvalue weighted by Gasteiger charge is 2.25. The Morgan fingerprint density at radius 1 is 0.646 bits per heavy atom. The molecule has 2 aromatic rings. The first-order valence-corrected chi connectivity index (χ1v) is 16.9. The van der Waals surface area contributed by atoms with E-state index in [9.17, 15) is 19.2 Å². The topological polar surface area (TPSA) is 215 Å². The third-order valence-electron chi connectivity index (χ3n) is 8.27. The summed E-state index contributed by atoms with van der Waals surface area (Å²) in [5, 5.41) is 5.89. The van der Waals surface area contributed by atoms with Crippen LogP contribution in [0, 0.1) is 0 Å². The molecule has 0 unspecified atom stereocenters.